The van der Waals surface area contributed by atoms with Gasteiger partial charge in [0.1, 0.15) is 5.69 Å². The Kier molecular flexibility index (Phi) is 3.85. The molecule has 3 heterocycles. The molecule has 23 heavy (non-hydrogen) atoms. The van der Waals surface area contributed by atoms with Gasteiger partial charge in [-0.05, 0) is 17.9 Å². The van der Waals surface area contributed by atoms with E-state index in [1.54, 1.807) is 0 Å². The number of carboxylic acid groups (broad SMARTS) is 1. The third kappa shape index (κ3) is 2.81. The summed E-state index contributed by atoms with van der Waals surface area (Å²) < 4.78 is 30.4. The number of carbonyl (C=O) groups is 1. The molecule has 1 aromatic rings. The molecule has 2 aliphatic heterocycles. The molecule has 1 atom stereocenters. The Hall–Kier alpha value is -2.35. The molecule has 124 valence electrons. The van der Waals surface area contributed by atoms with E-state index in [1.165, 1.54) is 4.68 Å². The minimum atomic E-state index is -3.06. The maximum Gasteiger partial charge on any atom is 0.407 e. The van der Waals surface area contributed by atoms with E-state index in [0.29, 0.717) is 17.7 Å². The molecular weight excluding hydrogens is 310 g/mol. The molecule has 0 aliphatic carbocycles. The highest BCUT2D eigenvalue weighted by atomic mass is 19.3. The van der Waals surface area contributed by atoms with Crippen molar-refractivity contribution in [1.82, 2.24) is 14.7 Å². The van der Waals surface area contributed by atoms with Gasteiger partial charge in [-0.1, -0.05) is 5.11 Å². The first kappa shape index (κ1) is 15.5. The third-order valence-corrected chi connectivity index (χ3v) is 4.42. The van der Waals surface area contributed by atoms with E-state index in [4.69, 9.17) is 10.6 Å². The van der Waals surface area contributed by atoms with Gasteiger partial charge in [0.2, 0.25) is 0 Å². The Morgan fingerprint density at radius 3 is 3.04 bits per heavy atom. The first-order chi connectivity index (χ1) is 10.9. The van der Waals surface area contributed by atoms with Crippen molar-refractivity contribution in [3.8, 4) is 0 Å². The highest BCUT2D eigenvalue weighted by Gasteiger charge is 2.43. The molecule has 0 aromatic carbocycles. The van der Waals surface area contributed by atoms with Crippen LogP contribution in [0.3, 0.4) is 0 Å². The fraction of sp³-hybridized carbons (Fsp3) is 0.692. The van der Waals surface area contributed by atoms with Gasteiger partial charge in [-0.2, -0.15) is 13.9 Å². The van der Waals surface area contributed by atoms with Crippen molar-refractivity contribution in [2.24, 2.45) is 11.0 Å². The average Bonchev–Trinajstić information content (AvgIpc) is 2.81. The van der Waals surface area contributed by atoms with Crippen LogP contribution >= 0.6 is 0 Å². The molecule has 1 aromatic heterocycles. The van der Waals surface area contributed by atoms with Crippen molar-refractivity contribution in [2.75, 3.05) is 13.1 Å². The lowest BCUT2D eigenvalue weighted by molar-refractivity contribution is -0.0218. The topological polar surface area (TPSA) is 107 Å². The summed E-state index contributed by atoms with van der Waals surface area (Å²) in [7, 11) is 0. The van der Waals surface area contributed by atoms with Crippen LogP contribution in [-0.4, -0.2) is 39.0 Å². The van der Waals surface area contributed by atoms with Gasteiger partial charge < -0.3 is 10.0 Å². The van der Waals surface area contributed by atoms with Crippen LogP contribution in [0.2, 0.25) is 0 Å². The lowest BCUT2D eigenvalue weighted by Gasteiger charge is -2.25. The van der Waals surface area contributed by atoms with E-state index >= 15 is 0 Å². The van der Waals surface area contributed by atoms with Gasteiger partial charge in [0.15, 0.2) is 0 Å². The molecule has 1 amide bonds. The van der Waals surface area contributed by atoms with Crippen LogP contribution in [0, 0.1) is 5.92 Å². The lowest BCUT2D eigenvalue weighted by Crippen LogP contribution is -2.35. The van der Waals surface area contributed by atoms with Crippen molar-refractivity contribution in [3.63, 3.8) is 0 Å². The highest BCUT2D eigenvalue weighted by molar-refractivity contribution is 5.65. The van der Waals surface area contributed by atoms with Crippen LogP contribution < -0.4 is 0 Å². The number of amides is 1. The summed E-state index contributed by atoms with van der Waals surface area (Å²) in [5.41, 5.74) is 9.10. The Morgan fingerprint density at radius 2 is 2.35 bits per heavy atom. The average molecular weight is 326 g/mol. The predicted molar refractivity (Wildman–Crippen MR) is 75.0 cm³/mol. The zero-order valence-corrected chi connectivity index (χ0v) is 12.3. The van der Waals surface area contributed by atoms with Crippen molar-refractivity contribution in [2.45, 2.75) is 38.3 Å². The highest BCUT2D eigenvalue weighted by Crippen LogP contribution is 2.41. The smallest absolute Gasteiger partial charge is 0.407 e. The number of hydrogen-bond donors (Lipinski definition) is 1. The minimum Gasteiger partial charge on any atom is -0.465 e. The van der Waals surface area contributed by atoms with Crippen LogP contribution in [0.15, 0.2) is 5.11 Å². The Bertz CT molecular complexity index is 682. The zero-order chi connectivity index (χ0) is 16.6. The van der Waals surface area contributed by atoms with Gasteiger partial charge in [0, 0.05) is 43.0 Å². The zero-order valence-electron chi connectivity index (χ0n) is 12.3. The Morgan fingerprint density at radius 1 is 1.57 bits per heavy atom. The molecule has 0 saturated heterocycles. The van der Waals surface area contributed by atoms with Gasteiger partial charge in [-0.25, -0.2) is 4.79 Å². The van der Waals surface area contributed by atoms with Crippen LogP contribution in [-0.2, 0) is 25.4 Å². The molecule has 1 unspecified atom stereocenters. The van der Waals surface area contributed by atoms with Gasteiger partial charge in [-0.15, -0.1) is 0 Å². The second-order valence-electron chi connectivity index (χ2n) is 5.93. The van der Waals surface area contributed by atoms with Crippen LogP contribution in [0.5, 0.6) is 0 Å². The number of alkyl halides is 2. The van der Waals surface area contributed by atoms with E-state index in [0.717, 1.165) is 4.90 Å². The normalized spacial score (nSPS) is 22.5. The fourth-order valence-electron chi connectivity index (χ4n) is 3.27. The fourth-order valence-corrected chi connectivity index (χ4v) is 3.27. The molecule has 10 heteroatoms. The number of azide groups is 1. The number of rotatable bonds is 2. The maximum absolute atomic E-state index is 14.6. The van der Waals surface area contributed by atoms with Crippen LogP contribution in [0.1, 0.15) is 29.8 Å². The minimum absolute atomic E-state index is 0.0589. The van der Waals surface area contributed by atoms with E-state index in [9.17, 15) is 13.6 Å². The van der Waals surface area contributed by atoms with Crippen LogP contribution in [0.25, 0.3) is 10.4 Å². The van der Waals surface area contributed by atoms with E-state index in [1.807, 2.05) is 0 Å². The number of nitrogens with zero attached hydrogens (tertiary/aromatic N) is 6. The first-order valence-electron chi connectivity index (χ1n) is 7.38. The summed E-state index contributed by atoms with van der Waals surface area (Å²) in [5, 5.41) is 16.9. The lowest BCUT2D eigenvalue weighted by atomic mass is 9.98. The van der Waals surface area contributed by atoms with Crippen LogP contribution in [0.4, 0.5) is 13.6 Å². The summed E-state index contributed by atoms with van der Waals surface area (Å²) in [6.45, 7) is 0.602. The summed E-state index contributed by atoms with van der Waals surface area (Å²) in [4.78, 5) is 14.9. The second-order valence-corrected chi connectivity index (χ2v) is 5.93. The molecule has 3 rings (SSSR count). The molecule has 8 nitrogen and oxygen atoms in total. The molecule has 0 spiro atoms. The van der Waals surface area contributed by atoms with Gasteiger partial charge in [-0.3, -0.25) is 4.68 Å². The molecular formula is C13H16F2N6O2. The summed E-state index contributed by atoms with van der Waals surface area (Å²) in [6.07, 6.45) is -0.913. The van der Waals surface area contributed by atoms with Crippen molar-refractivity contribution in [3.05, 3.63) is 27.4 Å². The number of aromatic nitrogens is 2. The third-order valence-electron chi connectivity index (χ3n) is 4.42. The largest absolute Gasteiger partial charge is 0.465 e. The molecule has 0 fully saturated rings. The molecule has 2 aliphatic rings. The first-order valence-corrected chi connectivity index (χ1v) is 7.38. The summed E-state index contributed by atoms with van der Waals surface area (Å²) in [5.74, 6) is -3.26. The van der Waals surface area contributed by atoms with Gasteiger partial charge in [0.25, 0.3) is 5.92 Å². The second kappa shape index (κ2) is 5.69. The predicted octanol–water partition coefficient (Wildman–Crippen LogP) is 2.73. The van der Waals surface area contributed by atoms with Crippen molar-refractivity contribution >= 4 is 6.09 Å². The van der Waals surface area contributed by atoms with E-state index in [-0.39, 0.29) is 50.6 Å². The molecule has 0 bridgehead atoms. The van der Waals surface area contributed by atoms with Gasteiger partial charge in [0.05, 0.1) is 12.2 Å². The maximum atomic E-state index is 14.6. The summed E-state index contributed by atoms with van der Waals surface area (Å²) >= 11 is 0. The monoisotopic (exact) mass is 326 g/mol. The summed E-state index contributed by atoms with van der Waals surface area (Å²) in [6, 6.07) is 0. The standard InChI is InChI=1S/C13H16F2N6O2/c14-13(15)3-1-8(5-17-19-16)6-21-11(13)9-7-20(12(22)23)4-2-10(9)18-21/h8H,1-7H2,(H,22,23). The van der Waals surface area contributed by atoms with E-state index in [2.05, 4.69) is 15.1 Å². The Labute approximate surface area is 130 Å². The Balaban J connectivity index is 1.98. The van der Waals surface area contributed by atoms with Crippen molar-refractivity contribution < 1.29 is 18.7 Å². The quantitative estimate of drug-likeness (QED) is 0.513. The van der Waals surface area contributed by atoms with Gasteiger partial charge >= 0.3 is 6.09 Å². The molecule has 0 radical (unpaired) electrons. The van der Waals surface area contributed by atoms with Crippen molar-refractivity contribution in [1.29, 1.82) is 0 Å². The number of hydrogen-bond acceptors (Lipinski definition) is 3. The molecule has 0 saturated carbocycles. The molecule has 1 N–H and O–H groups in total. The number of fused-ring (bicyclic) bond motifs is 3. The SMILES string of the molecule is [N-]=[N+]=NCC1CCC(F)(F)c2c3c(nn2C1)CCN(C(=O)O)C3. The van der Waals surface area contributed by atoms with E-state index < -0.39 is 12.0 Å². The number of halogens is 2.